The van der Waals surface area contributed by atoms with E-state index in [9.17, 15) is 4.79 Å². The highest BCUT2D eigenvalue weighted by Crippen LogP contribution is 2.26. The van der Waals surface area contributed by atoms with Crippen LogP contribution in [0.25, 0.3) is 0 Å². The van der Waals surface area contributed by atoms with Gasteiger partial charge >= 0.3 is 0 Å². The monoisotopic (exact) mass is 388 g/mol. The SMILES string of the molecule is O=C(c1ccc(C2CCOC2)cc1)N1CCc2oc(Cc3ccccc3)nc2C1. The minimum absolute atomic E-state index is 0.0532. The van der Waals surface area contributed by atoms with Crippen LogP contribution in [0.1, 0.15) is 51.2 Å². The van der Waals surface area contributed by atoms with Crippen LogP contribution in [0.5, 0.6) is 0 Å². The molecule has 1 unspecified atom stereocenters. The standard InChI is InChI=1S/C24H24N2O3/c27-24(19-8-6-18(7-9-19)20-11-13-28-16-20)26-12-10-22-21(15-26)25-23(29-22)14-17-4-2-1-3-5-17/h1-9,20H,10-16H2. The Morgan fingerprint density at radius 1 is 1.10 bits per heavy atom. The van der Waals surface area contributed by atoms with E-state index in [1.807, 2.05) is 35.2 Å². The molecule has 1 fully saturated rings. The number of rotatable bonds is 4. The quantitative estimate of drug-likeness (QED) is 0.679. The van der Waals surface area contributed by atoms with E-state index in [2.05, 4.69) is 29.2 Å². The summed E-state index contributed by atoms with van der Waals surface area (Å²) in [6.45, 7) is 2.76. The van der Waals surface area contributed by atoms with E-state index >= 15 is 0 Å². The Kier molecular flexibility index (Phi) is 4.90. The number of hydrogen-bond donors (Lipinski definition) is 0. The number of benzene rings is 2. The molecule has 5 heteroatoms. The molecule has 1 amide bonds. The Balaban J connectivity index is 1.27. The van der Waals surface area contributed by atoms with Crippen molar-refractivity contribution in [1.82, 2.24) is 9.88 Å². The molecule has 0 bridgehead atoms. The number of fused-ring (bicyclic) bond motifs is 1. The smallest absolute Gasteiger partial charge is 0.254 e. The van der Waals surface area contributed by atoms with E-state index < -0.39 is 0 Å². The minimum Gasteiger partial charge on any atom is -0.445 e. The van der Waals surface area contributed by atoms with Crippen molar-refractivity contribution < 1.29 is 13.9 Å². The molecule has 0 saturated carbocycles. The fourth-order valence-electron chi connectivity index (χ4n) is 4.15. The first kappa shape index (κ1) is 18.1. The Labute approximate surface area is 170 Å². The number of oxazole rings is 1. The molecule has 5 nitrogen and oxygen atoms in total. The van der Waals surface area contributed by atoms with Crippen LogP contribution >= 0.6 is 0 Å². The molecule has 1 aromatic heterocycles. The second-order valence-electron chi connectivity index (χ2n) is 7.80. The summed E-state index contributed by atoms with van der Waals surface area (Å²) in [4.78, 5) is 19.5. The highest BCUT2D eigenvalue weighted by atomic mass is 16.5. The summed E-state index contributed by atoms with van der Waals surface area (Å²) in [6.07, 6.45) is 2.44. The van der Waals surface area contributed by atoms with Crippen LogP contribution in [-0.4, -0.2) is 35.5 Å². The Morgan fingerprint density at radius 2 is 1.93 bits per heavy atom. The van der Waals surface area contributed by atoms with Gasteiger partial charge < -0.3 is 14.1 Å². The number of ether oxygens (including phenoxy) is 1. The average molecular weight is 388 g/mol. The summed E-state index contributed by atoms with van der Waals surface area (Å²) in [5.74, 6) is 2.14. The van der Waals surface area contributed by atoms with Crippen molar-refractivity contribution >= 4 is 5.91 Å². The lowest BCUT2D eigenvalue weighted by Gasteiger charge is -2.25. The molecule has 2 aromatic carbocycles. The normalized spacial score (nSPS) is 18.6. The lowest BCUT2D eigenvalue weighted by atomic mass is 9.97. The molecule has 0 spiro atoms. The van der Waals surface area contributed by atoms with Crippen molar-refractivity contribution in [3.63, 3.8) is 0 Å². The van der Waals surface area contributed by atoms with Crippen molar-refractivity contribution in [3.05, 3.63) is 88.6 Å². The fraction of sp³-hybridized carbons (Fsp3) is 0.333. The van der Waals surface area contributed by atoms with Crippen LogP contribution in [-0.2, 0) is 24.1 Å². The van der Waals surface area contributed by atoms with E-state index in [4.69, 9.17) is 9.15 Å². The van der Waals surface area contributed by atoms with E-state index in [-0.39, 0.29) is 5.91 Å². The highest BCUT2D eigenvalue weighted by molar-refractivity contribution is 5.94. The van der Waals surface area contributed by atoms with Crippen molar-refractivity contribution in [1.29, 1.82) is 0 Å². The third-order valence-corrected chi connectivity index (χ3v) is 5.82. The Hall–Kier alpha value is -2.92. The van der Waals surface area contributed by atoms with Gasteiger partial charge in [0.1, 0.15) is 11.5 Å². The van der Waals surface area contributed by atoms with E-state index in [0.717, 1.165) is 42.5 Å². The lowest BCUT2D eigenvalue weighted by Crippen LogP contribution is -2.35. The minimum atomic E-state index is 0.0532. The maximum absolute atomic E-state index is 13.0. The maximum Gasteiger partial charge on any atom is 0.254 e. The van der Waals surface area contributed by atoms with Crippen molar-refractivity contribution in [2.24, 2.45) is 0 Å². The van der Waals surface area contributed by atoms with Crippen LogP contribution in [0.4, 0.5) is 0 Å². The summed E-state index contributed by atoms with van der Waals surface area (Å²) in [7, 11) is 0. The Morgan fingerprint density at radius 3 is 2.69 bits per heavy atom. The van der Waals surface area contributed by atoms with Crippen LogP contribution in [0.3, 0.4) is 0 Å². The van der Waals surface area contributed by atoms with Crippen molar-refractivity contribution in [3.8, 4) is 0 Å². The van der Waals surface area contributed by atoms with Gasteiger partial charge in [-0.05, 0) is 29.7 Å². The third-order valence-electron chi connectivity index (χ3n) is 5.82. The summed E-state index contributed by atoms with van der Waals surface area (Å²) < 4.78 is 11.4. The summed E-state index contributed by atoms with van der Waals surface area (Å²) >= 11 is 0. The van der Waals surface area contributed by atoms with Gasteiger partial charge in [-0.25, -0.2) is 4.98 Å². The fourth-order valence-corrected chi connectivity index (χ4v) is 4.15. The number of hydrogen-bond acceptors (Lipinski definition) is 4. The maximum atomic E-state index is 13.0. The van der Waals surface area contributed by atoms with Gasteiger partial charge in [0.05, 0.1) is 13.2 Å². The molecule has 1 atom stereocenters. The van der Waals surface area contributed by atoms with Crippen LogP contribution in [0.2, 0.25) is 0 Å². The van der Waals surface area contributed by atoms with Crippen LogP contribution < -0.4 is 0 Å². The van der Waals surface area contributed by atoms with Gasteiger partial charge in [0.15, 0.2) is 5.89 Å². The van der Waals surface area contributed by atoms with E-state index in [0.29, 0.717) is 31.8 Å². The van der Waals surface area contributed by atoms with E-state index in [1.165, 1.54) is 11.1 Å². The Bertz CT molecular complexity index is 989. The molecule has 148 valence electrons. The molecule has 0 radical (unpaired) electrons. The van der Waals surface area contributed by atoms with Gasteiger partial charge in [0, 0.05) is 37.5 Å². The molecule has 2 aliphatic rings. The molecular formula is C24H24N2O3. The van der Waals surface area contributed by atoms with Crippen molar-refractivity contribution in [2.75, 3.05) is 19.8 Å². The number of nitrogens with zero attached hydrogens (tertiary/aromatic N) is 2. The number of carbonyl (C=O) groups excluding carboxylic acids is 1. The summed E-state index contributed by atoms with van der Waals surface area (Å²) in [5, 5.41) is 0. The van der Waals surface area contributed by atoms with Crippen molar-refractivity contribution in [2.45, 2.75) is 31.7 Å². The zero-order chi connectivity index (χ0) is 19.6. The van der Waals surface area contributed by atoms with Gasteiger partial charge in [-0.15, -0.1) is 0 Å². The number of aromatic nitrogens is 1. The second-order valence-corrected chi connectivity index (χ2v) is 7.80. The van der Waals surface area contributed by atoms with Crippen LogP contribution in [0, 0.1) is 0 Å². The molecule has 29 heavy (non-hydrogen) atoms. The van der Waals surface area contributed by atoms with E-state index in [1.54, 1.807) is 0 Å². The number of amides is 1. The first-order valence-electron chi connectivity index (χ1n) is 10.2. The third kappa shape index (κ3) is 3.83. The first-order chi connectivity index (χ1) is 14.3. The predicted molar refractivity (Wildman–Crippen MR) is 109 cm³/mol. The molecule has 5 rings (SSSR count). The molecular weight excluding hydrogens is 364 g/mol. The van der Waals surface area contributed by atoms with Gasteiger partial charge in [0.2, 0.25) is 0 Å². The summed E-state index contributed by atoms with van der Waals surface area (Å²) in [5.41, 5.74) is 4.04. The first-order valence-corrected chi connectivity index (χ1v) is 10.2. The number of carbonyl (C=O) groups is 1. The largest absolute Gasteiger partial charge is 0.445 e. The molecule has 3 aromatic rings. The zero-order valence-electron chi connectivity index (χ0n) is 16.3. The van der Waals surface area contributed by atoms with Gasteiger partial charge in [-0.2, -0.15) is 0 Å². The zero-order valence-corrected chi connectivity index (χ0v) is 16.3. The highest BCUT2D eigenvalue weighted by Gasteiger charge is 2.26. The topological polar surface area (TPSA) is 55.6 Å². The lowest BCUT2D eigenvalue weighted by molar-refractivity contribution is 0.0728. The van der Waals surface area contributed by atoms with Gasteiger partial charge in [0.25, 0.3) is 5.91 Å². The molecule has 2 aliphatic heterocycles. The average Bonchev–Trinajstić information content (AvgIpc) is 3.43. The summed E-state index contributed by atoms with van der Waals surface area (Å²) in [6, 6.07) is 18.2. The molecule has 0 aliphatic carbocycles. The predicted octanol–water partition coefficient (Wildman–Crippen LogP) is 3.97. The molecule has 0 N–H and O–H groups in total. The molecule has 3 heterocycles. The van der Waals surface area contributed by atoms with Gasteiger partial charge in [-0.3, -0.25) is 4.79 Å². The van der Waals surface area contributed by atoms with Gasteiger partial charge in [-0.1, -0.05) is 42.5 Å². The molecule has 1 saturated heterocycles. The second kappa shape index (κ2) is 7.84. The van der Waals surface area contributed by atoms with Crippen LogP contribution in [0.15, 0.2) is 59.0 Å².